The van der Waals surface area contributed by atoms with Crippen molar-refractivity contribution in [3.63, 3.8) is 0 Å². The predicted octanol–water partition coefficient (Wildman–Crippen LogP) is 3.02. The maximum Gasteiger partial charge on any atom is 0.325 e. The van der Waals surface area contributed by atoms with Crippen molar-refractivity contribution in [3.8, 4) is 0 Å². The van der Waals surface area contributed by atoms with Crippen LogP contribution in [0.1, 0.15) is 12.5 Å². The van der Waals surface area contributed by atoms with E-state index in [9.17, 15) is 23.2 Å². The quantitative estimate of drug-likeness (QED) is 0.784. The SMILES string of the molecule is C[C@]1(c2ccc(Cl)cc2)NC(=O)N(CC(=O)Nc2ccc(F)c(F)c2)C1=O. The van der Waals surface area contributed by atoms with Gasteiger partial charge in [-0.05, 0) is 36.8 Å². The molecular weight excluding hydrogens is 380 g/mol. The second-order valence-electron chi connectivity index (χ2n) is 6.13. The van der Waals surface area contributed by atoms with Crippen LogP contribution in [0.15, 0.2) is 42.5 Å². The first kappa shape index (κ1) is 18.8. The average molecular weight is 394 g/mol. The summed E-state index contributed by atoms with van der Waals surface area (Å²) in [5.41, 5.74) is -0.829. The highest BCUT2D eigenvalue weighted by Crippen LogP contribution is 2.29. The van der Waals surface area contributed by atoms with Crippen LogP contribution in [0.2, 0.25) is 5.02 Å². The highest BCUT2D eigenvalue weighted by atomic mass is 35.5. The molecule has 2 aromatic rings. The molecule has 0 aliphatic carbocycles. The Hall–Kier alpha value is -3.00. The average Bonchev–Trinajstić information content (AvgIpc) is 2.83. The number of urea groups is 1. The number of hydrogen-bond donors (Lipinski definition) is 2. The molecule has 1 fully saturated rings. The molecule has 1 atom stereocenters. The first-order valence-corrected chi connectivity index (χ1v) is 8.23. The van der Waals surface area contributed by atoms with E-state index < -0.39 is 41.6 Å². The third kappa shape index (κ3) is 3.61. The maximum absolute atomic E-state index is 13.2. The van der Waals surface area contributed by atoms with Crippen molar-refractivity contribution in [2.75, 3.05) is 11.9 Å². The third-order valence-corrected chi connectivity index (χ3v) is 4.45. The van der Waals surface area contributed by atoms with Crippen LogP contribution >= 0.6 is 11.6 Å². The van der Waals surface area contributed by atoms with Crippen LogP contribution in [0.4, 0.5) is 19.3 Å². The minimum Gasteiger partial charge on any atom is -0.324 e. The summed E-state index contributed by atoms with van der Waals surface area (Å²) >= 11 is 5.84. The van der Waals surface area contributed by atoms with Gasteiger partial charge in [-0.15, -0.1) is 0 Å². The van der Waals surface area contributed by atoms with Gasteiger partial charge in [0, 0.05) is 16.8 Å². The van der Waals surface area contributed by atoms with E-state index in [1.54, 1.807) is 24.3 Å². The Morgan fingerprint density at radius 3 is 2.44 bits per heavy atom. The number of hydrogen-bond acceptors (Lipinski definition) is 3. The van der Waals surface area contributed by atoms with Gasteiger partial charge < -0.3 is 10.6 Å². The Labute approximate surface area is 158 Å². The van der Waals surface area contributed by atoms with Gasteiger partial charge in [-0.1, -0.05) is 23.7 Å². The van der Waals surface area contributed by atoms with Crippen LogP contribution in [0.25, 0.3) is 0 Å². The molecule has 27 heavy (non-hydrogen) atoms. The van der Waals surface area contributed by atoms with E-state index in [-0.39, 0.29) is 5.69 Å². The number of nitrogens with one attached hydrogen (secondary N) is 2. The molecule has 0 aromatic heterocycles. The zero-order chi connectivity index (χ0) is 19.8. The molecule has 4 amide bonds. The zero-order valence-corrected chi connectivity index (χ0v) is 14.8. The van der Waals surface area contributed by atoms with Crippen LogP contribution in [0, 0.1) is 11.6 Å². The van der Waals surface area contributed by atoms with Gasteiger partial charge in [-0.2, -0.15) is 0 Å². The van der Waals surface area contributed by atoms with Gasteiger partial charge >= 0.3 is 6.03 Å². The highest BCUT2D eigenvalue weighted by molar-refractivity contribution is 6.30. The first-order valence-electron chi connectivity index (χ1n) is 7.86. The van der Waals surface area contributed by atoms with Gasteiger partial charge in [0.1, 0.15) is 12.1 Å². The molecule has 140 valence electrons. The lowest BCUT2D eigenvalue weighted by Crippen LogP contribution is -2.42. The van der Waals surface area contributed by atoms with E-state index in [4.69, 9.17) is 11.6 Å². The number of nitrogens with zero attached hydrogens (tertiary/aromatic N) is 1. The van der Waals surface area contributed by atoms with E-state index in [1.807, 2.05) is 0 Å². The standard InChI is InChI=1S/C18H14ClF2N3O3/c1-18(10-2-4-11(19)5-3-10)16(26)24(17(27)23-18)9-15(25)22-12-6-7-13(20)14(21)8-12/h2-8H,9H2,1H3,(H,22,25)(H,23,27)/t18-/m1/s1. The molecule has 9 heteroatoms. The Bertz CT molecular complexity index is 936. The van der Waals surface area contributed by atoms with E-state index in [2.05, 4.69) is 10.6 Å². The van der Waals surface area contributed by atoms with Crippen molar-refractivity contribution in [2.45, 2.75) is 12.5 Å². The number of amides is 4. The van der Waals surface area contributed by atoms with E-state index >= 15 is 0 Å². The molecule has 3 rings (SSSR count). The van der Waals surface area contributed by atoms with E-state index in [0.717, 1.165) is 17.0 Å². The van der Waals surface area contributed by atoms with Crippen LogP contribution in [0.5, 0.6) is 0 Å². The number of rotatable bonds is 4. The molecule has 0 unspecified atom stereocenters. The lowest BCUT2D eigenvalue weighted by molar-refractivity contribution is -0.133. The molecule has 0 radical (unpaired) electrons. The van der Waals surface area contributed by atoms with Crippen molar-refractivity contribution in [1.82, 2.24) is 10.2 Å². The largest absolute Gasteiger partial charge is 0.325 e. The smallest absolute Gasteiger partial charge is 0.324 e. The first-order chi connectivity index (χ1) is 12.7. The number of carbonyl (C=O) groups excluding carboxylic acids is 3. The summed E-state index contributed by atoms with van der Waals surface area (Å²) in [5, 5.41) is 5.35. The van der Waals surface area contributed by atoms with Crippen molar-refractivity contribution in [3.05, 3.63) is 64.7 Å². The fraction of sp³-hybridized carbons (Fsp3) is 0.167. The van der Waals surface area contributed by atoms with E-state index in [0.29, 0.717) is 10.6 Å². The van der Waals surface area contributed by atoms with Crippen molar-refractivity contribution in [2.24, 2.45) is 0 Å². The summed E-state index contributed by atoms with van der Waals surface area (Å²) in [6.45, 7) is 0.941. The summed E-state index contributed by atoms with van der Waals surface area (Å²) < 4.78 is 26.1. The van der Waals surface area contributed by atoms with Crippen LogP contribution in [-0.2, 0) is 15.1 Å². The lowest BCUT2D eigenvalue weighted by atomic mass is 9.92. The summed E-state index contributed by atoms with van der Waals surface area (Å²) in [4.78, 5) is 37.8. The third-order valence-electron chi connectivity index (χ3n) is 4.20. The Balaban J connectivity index is 1.74. The second kappa shape index (κ2) is 6.96. The van der Waals surface area contributed by atoms with Gasteiger partial charge in [0.25, 0.3) is 5.91 Å². The van der Waals surface area contributed by atoms with Crippen LogP contribution in [0.3, 0.4) is 0 Å². The molecule has 1 aliphatic heterocycles. The number of benzene rings is 2. The van der Waals surface area contributed by atoms with Gasteiger partial charge in [0.15, 0.2) is 11.6 Å². The molecule has 1 aliphatic rings. The van der Waals surface area contributed by atoms with Crippen LogP contribution in [-0.4, -0.2) is 29.3 Å². The van der Waals surface area contributed by atoms with Gasteiger partial charge in [-0.25, -0.2) is 13.6 Å². The molecule has 2 N–H and O–H groups in total. The predicted molar refractivity (Wildman–Crippen MR) is 94.0 cm³/mol. The molecule has 6 nitrogen and oxygen atoms in total. The summed E-state index contributed by atoms with van der Waals surface area (Å²) in [6.07, 6.45) is 0. The Kier molecular flexibility index (Phi) is 4.84. The van der Waals surface area contributed by atoms with E-state index in [1.165, 1.54) is 13.0 Å². The van der Waals surface area contributed by atoms with Gasteiger partial charge in [-0.3, -0.25) is 14.5 Å². The lowest BCUT2D eigenvalue weighted by Gasteiger charge is -2.22. The topological polar surface area (TPSA) is 78.5 Å². The molecule has 0 spiro atoms. The number of halogens is 3. The van der Waals surface area contributed by atoms with Crippen molar-refractivity contribution in [1.29, 1.82) is 0 Å². The summed E-state index contributed by atoms with van der Waals surface area (Å²) in [6, 6.07) is 8.46. The monoisotopic (exact) mass is 393 g/mol. The van der Waals surface area contributed by atoms with Crippen molar-refractivity contribution < 1.29 is 23.2 Å². The molecule has 0 bridgehead atoms. The molecule has 2 aromatic carbocycles. The molecule has 0 saturated carbocycles. The Morgan fingerprint density at radius 2 is 1.81 bits per heavy atom. The van der Waals surface area contributed by atoms with Gasteiger partial charge in [0.2, 0.25) is 5.91 Å². The van der Waals surface area contributed by atoms with Gasteiger partial charge in [0.05, 0.1) is 0 Å². The second-order valence-corrected chi connectivity index (χ2v) is 6.57. The number of anilines is 1. The number of imide groups is 1. The zero-order valence-electron chi connectivity index (χ0n) is 14.1. The molecule has 1 heterocycles. The minimum absolute atomic E-state index is 0.00594. The minimum atomic E-state index is -1.34. The molecular formula is C18H14ClF2N3O3. The Morgan fingerprint density at radius 1 is 1.15 bits per heavy atom. The van der Waals surface area contributed by atoms with Crippen molar-refractivity contribution >= 4 is 35.1 Å². The summed E-state index contributed by atoms with van der Waals surface area (Å²) in [5.74, 6) is -3.53. The van der Waals surface area contributed by atoms with Crippen LogP contribution < -0.4 is 10.6 Å². The fourth-order valence-electron chi connectivity index (χ4n) is 2.74. The number of carbonyl (C=O) groups is 3. The highest BCUT2D eigenvalue weighted by Gasteiger charge is 2.49. The fourth-order valence-corrected chi connectivity index (χ4v) is 2.86. The summed E-state index contributed by atoms with van der Waals surface area (Å²) in [7, 11) is 0. The maximum atomic E-state index is 13.2. The normalized spacial score (nSPS) is 19.2. The molecule has 1 saturated heterocycles.